The van der Waals surface area contributed by atoms with E-state index in [1.807, 2.05) is 4.57 Å². The third kappa shape index (κ3) is 2.86. The summed E-state index contributed by atoms with van der Waals surface area (Å²) in [6.07, 6.45) is 6.11. The van der Waals surface area contributed by atoms with E-state index in [4.69, 9.17) is 0 Å². The van der Waals surface area contributed by atoms with Gasteiger partial charge in [0, 0.05) is 31.4 Å². The highest BCUT2D eigenvalue weighted by molar-refractivity contribution is 7.89. The number of imidazole rings is 1. The van der Waals surface area contributed by atoms with Crippen LogP contribution in [0.15, 0.2) is 17.6 Å². The molecule has 118 valence electrons. The minimum Gasteiger partial charge on any atom is -0.336 e. The number of sulfonamides is 1. The lowest BCUT2D eigenvalue weighted by molar-refractivity contribution is 0.333. The SMILES string of the molecule is CC(C)Cn1cnc(S(=O)(=O)N2C3CCNCC2CC3)c1. The van der Waals surface area contributed by atoms with Crippen LogP contribution < -0.4 is 5.32 Å². The predicted molar refractivity (Wildman–Crippen MR) is 80.4 cm³/mol. The van der Waals surface area contributed by atoms with E-state index in [1.54, 1.807) is 16.8 Å². The van der Waals surface area contributed by atoms with Gasteiger partial charge in [0.05, 0.1) is 6.33 Å². The Bertz CT molecular complexity index is 582. The van der Waals surface area contributed by atoms with Crippen molar-refractivity contribution in [3.8, 4) is 0 Å². The van der Waals surface area contributed by atoms with E-state index in [0.29, 0.717) is 5.92 Å². The second-order valence-electron chi connectivity index (χ2n) is 6.52. The molecule has 2 unspecified atom stereocenters. The molecule has 2 aliphatic heterocycles. The van der Waals surface area contributed by atoms with Crippen molar-refractivity contribution in [1.29, 1.82) is 0 Å². The molecular formula is C14H24N4O2S. The Morgan fingerprint density at radius 2 is 2.10 bits per heavy atom. The van der Waals surface area contributed by atoms with Crippen molar-refractivity contribution in [2.45, 2.75) is 56.8 Å². The van der Waals surface area contributed by atoms with Gasteiger partial charge >= 0.3 is 0 Å². The standard InChI is InChI=1S/C14H24N4O2S/c1-11(2)8-17-9-14(16-10-17)21(19,20)18-12-3-4-13(18)7-15-6-5-12/h9-13,15H,3-8H2,1-2H3. The van der Waals surface area contributed by atoms with Crippen molar-refractivity contribution in [2.75, 3.05) is 13.1 Å². The third-order valence-corrected chi connectivity index (χ3v) is 6.21. The molecule has 2 bridgehead atoms. The summed E-state index contributed by atoms with van der Waals surface area (Å²) >= 11 is 0. The van der Waals surface area contributed by atoms with Crippen LogP contribution in [0.5, 0.6) is 0 Å². The lowest BCUT2D eigenvalue weighted by Crippen LogP contribution is -2.42. The molecule has 1 N–H and O–H groups in total. The van der Waals surface area contributed by atoms with Crippen LogP contribution in [0.3, 0.4) is 0 Å². The Hall–Kier alpha value is -0.920. The number of nitrogens with zero attached hydrogens (tertiary/aromatic N) is 3. The molecule has 7 heteroatoms. The van der Waals surface area contributed by atoms with Gasteiger partial charge in [0.1, 0.15) is 0 Å². The molecule has 0 aromatic carbocycles. The molecule has 0 radical (unpaired) electrons. The van der Waals surface area contributed by atoms with Crippen molar-refractivity contribution in [3.63, 3.8) is 0 Å². The largest absolute Gasteiger partial charge is 0.336 e. The third-order valence-electron chi connectivity index (χ3n) is 4.31. The zero-order valence-electron chi connectivity index (χ0n) is 12.7. The molecule has 6 nitrogen and oxygen atoms in total. The van der Waals surface area contributed by atoms with Gasteiger partial charge in [0.2, 0.25) is 0 Å². The molecule has 0 amide bonds. The highest BCUT2D eigenvalue weighted by atomic mass is 32.2. The minimum absolute atomic E-state index is 0.0812. The van der Waals surface area contributed by atoms with Crippen molar-refractivity contribution < 1.29 is 8.42 Å². The summed E-state index contributed by atoms with van der Waals surface area (Å²) in [5, 5.41) is 3.53. The van der Waals surface area contributed by atoms with Gasteiger partial charge in [0.15, 0.2) is 5.03 Å². The summed E-state index contributed by atoms with van der Waals surface area (Å²) in [4.78, 5) is 4.16. The molecule has 3 heterocycles. The van der Waals surface area contributed by atoms with Crippen LogP contribution in [0.4, 0.5) is 0 Å². The lowest BCUT2D eigenvalue weighted by atomic mass is 10.1. The number of aromatic nitrogens is 2. The van der Waals surface area contributed by atoms with E-state index in [1.165, 1.54) is 0 Å². The molecule has 0 spiro atoms. The van der Waals surface area contributed by atoms with E-state index in [-0.39, 0.29) is 17.1 Å². The monoisotopic (exact) mass is 312 g/mol. The van der Waals surface area contributed by atoms with Crippen LogP contribution in [0.2, 0.25) is 0 Å². The molecule has 0 aliphatic carbocycles. The fourth-order valence-electron chi connectivity index (χ4n) is 3.43. The Balaban J connectivity index is 1.87. The van der Waals surface area contributed by atoms with Gasteiger partial charge in [0.25, 0.3) is 10.0 Å². The van der Waals surface area contributed by atoms with E-state index in [0.717, 1.165) is 38.9 Å². The molecule has 0 saturated carbocycles. The highest BCUT2D eigenvalue weighted by Crippen LogP contribution is 2.33. The summed E-state index contributed by atoms with van der Waals surface area (Å²) in [7, 11) is -3.47. The van der Waals surface area contributed by atoms with Crippen molar-refractivity contribution in [3.05, 3.63) is 12.5 Å². The van der Waals surface area contributed by atoms with Gasteiger partial charge in [-0.2, -0.15) is 4.31 Å². The van der Waals surface area contributed by atoms with Gasteiger partial charge < -0.3 is 9.88 Å². The van der Waals surface area contributed by atoms with Crippen LogP contribution in [-0.4, -0.2) is 47.4 Å². The van der Waals surface area contributed by atoms with E-state index >= 15 is 0 Å². The highest BCUT2D eigenvalue weighted by Gasteiger charge is 2.43. The maximum Gasteiger partial charge on any atom is 0.262 e. The van der Waals surface area contributed by atoms with Crippen LogP contribution in [0, 0.1) is 5.92 Å². The lowest BCUT2D eigenvalue weighted by Gasteiger charge is -2.25. The summed E-state index contributed by atoms with van der Waals surface area (Å²) in [6.45, 7) is 6.65. The van der Waals surface area contributed by atoms with Gasteiger partial charge in [-0.05, 0) is 31.7 Å². The first-order chi connectivity index (χ1) is 9.98. The van der Waals surface area contributed by atoms with Gasteiger partial charge in [-0.15, -0.1) is 0 Å². The van der Waals surface area contributed by atoms with Crippen LogP contribution in [0.1, 0.15) is 33.1 Å². The first-order valence-electron chi connectivity index (χ1n) is 7.74. The summed E-state index contributed by atoms with van der Waals surface area (Å²) in [6, 6.07) is 0.211. The average molecular weight is 312 g/mol. The second-order valence-corrected chi connectivity index (χ2v) is 8.31. The number of hydrogen-bond acceptors (Lipinski definition) is 4. The molecule has 2 atom stereocenters. The zero-order valence-corrected chi connectivity index (χ0v) is 13.5. The molecule has 2 aliphatic rings. The fourth-order valence-corrected chi connectivity index (χ4v) is 5.27. The van der Waals surface area contributed by atoms with E-state index in [9.17, 15) is 8.42 Å². The second kappa shape index (κ2) is 5.70. The Morgan fingerprint density at radius 1 is 1.33 bits per heavy atom. The molecule has 21 heavy (non-hydrogen) atoms. The van der Waals surface area contributed by atoms with Crippen molar-refractivity contribution in [1.82, 2.24) is 19.2 Å². The Morgan fingerprint density at radius 3 is 2.86 bits per heavy atom. The maximum atomic E-state index is 12.9. The number of hydrogen-bond donors (Lipinski definition) is 1. The summed E-state index contributed by atoms with van der Waals surface area (Å²) < 4.78 is 29.4. The van der Waals surface area contributed by atoms with E-state index < -0.39 is 10.0 Å². The number of nitrogens with one attached hydrogen (secondary N) is 1. The number of fused-ring (bicyclic) bond motifs is 2. The molecule has 1 aromatic rings. The van der Waals surface area contributed by atoms with Crippen LogP contribution in [-0.2, 0) is 16.6 Å². The fraction of sp³-hybridized carbons (Fsp3) is 0.786. The predicted octanol–water partition coefficient (Wildman–Crippen LogP) is 1.05. The summed E-state index contributed by atoms with van der Waals surface area (Å²) in [5.74, 6) is 0.466. The van der Waals surface area contributed by atoms with E-state index in [2.05, 4.69) is 24.1 Å². The minimum atomic E-state index is -3.47. The molecule has 3 rings (SSSR count). The Labute approximate surface area is 126 Å². The maximum absolute atomic E-state index is 12.9. The van der Waals surface area contributed by atoms with Gasteiger partial charge in [-0.3, -0.25) is 0 Å². The van der Waals surface area contributed by atoms with Crippen molar-refractivity contribution in [2.24, 2.45) is 5.92 Å². The summed E-state index contributed by atoms with van der Waals surface area (Å²) in [5.41, 5.74) is 0. The zero-order chi connectivity index (χ0) is 15.0. The molecule has 2 fully saturated rings. The van der Waals surface area contributed by atoms with Gasteiger partial charge in [-0.25, -0.2) is 13.4 Å². The topological polar surface area (TPSA) is 67.2 Å². The van der Waals surface area contributed by atoms with Gasteiger partial charge in [-0.1, -0.05) is 13.8 Å². The quantitative estimate of drug-likeness (QED) is 0.902. The first kappa shape index (κ1) is 15.0. The average Bonchev–Trinajstić information content (AvgIpc) is 2.93. The van der Waals surface area contributed by atoms with Crippen LogP contribution in [0.25, 0.3) is 0 Å². The Kier molecular flexibility index (Phi) is 4.07. The van der Waals surface area contributed by atoms with Crippen molar-refractivity contribution >= 4 is 10.0 Å². The first-order valence-corrected chi connectivity index (χ1v) is 9.18. The number of rotatable bonds is 4. The molecular weight excluding hydrogens is 288 g/mol. The smallest absolute Gasteiger partial charge is 0.262 e. The molecule has 1 aromatic heterocycles. The normalized spacial score (nSPS) is 27.2. The molecule has 2 saturated heterocycles. The van der Waals surface area contributed by atoms with Crippen LogP contribution >= 0.6 is 0 Å².